The molecule has 2 unspecified atom stereocenters. The lowest BCUT2D eigenvalue weighted by atomic mass is 9.85. The normalized spacial score (nSPS) is 20.4. The van der Waals surface area contributed by atoms with E-state index in [1.807, 2.05) is 0 Å². The van der Waals surface area contributed by atoms with Gasteiger partial charge < -0.3 is 9.84 Å². The topological polar surface area (TPSA) is 51.0 Å². The zero-order valence-corrected chi connectivity index (χ0v) is 10.4. The Kier molecular flexibility index (Phi) is 3.59. The fourth-order valence-electron chi connectivity index (χ4n) is 1.98. The standard InChI is InChI=1S/C12H21N3O/c1-4-13-9(3)8(2)12-14-11(15-16-12)10-6-5-7-10/h8-10,13H,4-7H2,1-3H3. The van der Waals surface area contributed by atoms with E-state index in [-0.39, 0.29) is 5.92 Å². The molecular formula is C12H21N3O. The predicted octanol–water partition coefficient (Wildman–Crippen LogP) is 2.44. The highest BCUT2D eigenvalue weighted by Gasteiger charge is 2.27. The van der Waals surface area contributed by atoms with Gasteiger partial charge in [-0.15, -0.1) is 0 Å². The van der Waals surface area contributed by atoms with Gasteiger partial charge in [0.15, 0.2) is 5.82 Å². The van der Waals surface area contributed by atoms with Gasteiger partial charge in [-0.1, -0.05) is 25.4 Å². The van der Waals surface area contributed by atoms with Crippen molar-refractivity contribution in [3.05, 3.63) is 11.7 Å². The lowest BCUT2D eigenvalue weighted by Gasteiger charge is -2.21. The molecule has 2 atom stereocenters. The van der Waals surface area contributed by atoms with E-state index >= 15 is 0 Å². The number of rotatable bonds is 5. The molecule has 1 aliphatic carbocycles. The molecule has 90 valence electrons. The minimum absolute atomic E-state index is 0.279. The first-order chi connectivity index (χ1) is 7.72. The van der Waals surface area contributed by atoms with E-state index in [1.165, 1.54) is 19.3 Å². The molecule has 0 aliphatic heterocycles. The number of hydrogen-bond donors (Lipinski definition) is 1. The second-order valence-electron chi connectivity index (χ2n) is 4.75. The molecule has 1 N–H and O–H groups in total. The van der Waals surface area contributed by atoms with Gasteiger partial charge in [-0.3, -0.25) is 0 Å². The molecule has 16 heavy (non-hydrogen) atoms. The van der Waals surface area contributed by atoms with Crippen molar-refractivity contribution in [1.29, 1.82) is 0 Å². The highest BCUT2D eigenvalue weighted by atomic mass is 16.5. The summed E-state index contributed by atoms with van der Waals surface area (Å²) in [5.41, 5.74) is 0. The molecule has 0 radical (unpaired) electrons. The Morgan fingerprint density at radius 3 is 2.75 bits per heavy atom. The molecule has 1 aromatic heterocycles. The molecule has 0 aromatic carbocycles. The third kappa shape index (κ3) is 2.26. The minimum atomic E-state index is 0.279. The van der Waals surface area contributed by atoms with E-state index in [0.29, 0.717) is 12.0 Å². The van der Waals surface area contributed by atoms with Gasteiger partial charge in [0.1, 0.15) is 0 Å². The number of aromatic nitrogens is 2. The molecule has 0 spiro atoms. The lowest BCUT2D eigenvalue weighted by molar-refractivity contribution is 0.320. The summed E-state index contributed by atoms with van der Waals surface area (Å²) in [7, 11) is 0. The van der Waals surface area contributed by atoms with E-state index in [0.717, 1.165) is 18.3 Å². The number of hydrogen-bond acceptors (Lipinski definition) is 4. The Hall–Kier alpha value is -0.900. The summed E-state index contributed by atoms with van der Waals surface area (Å²) >= 11 is 0. The molecule has 0 bridgehead atoms. The van der Waals surface area contributed by atoms with Crippen molar-refractivity contribution in [2.45, 2.75) is 57.9 Å². The van der Waals surface area contributed by atoms with Gasteiger partial charge in [-0.05, 0) is 26.3 Å². The monoisotopic (exact) mass is 223 g/mol. The van der Waals surface area contributed by atoms with Crippen molar-refractivity contribution in [3.63, 3.8) is 0 Å². The maximum Gasteiger partial charge on any atom is 0.231 e. The Morgan fingerprint density at radius 1 is 1.44 bits per heavy atom. The molecule has 0 amide bonds. The van der Waals surface area contributed by atoms with E-state index < -0.39 is 0 Å². The Balaban J connectivity index is 1.99. The second kappa shape index (κ2) is 4.95. The maximum atomic E-state index is 5.35. The molecule has 2 rings (SSSR count). The third-order valence-corrected chi connectivity index (χ3v) is 3.59. The zero-order valence-electron chi connectivity index (χ0n) is 10.4. The van der Waals surface area contributed by atoms with Crippen molar-refractivity contribution in [1.82, 2.24) is 15.5 Å². The van der Waals surface area contributed by atoms with Gasteiger partial charge in [0.25, 0.3) is 0 Å². The Morgan fingerprint density at radius 2 is 2.19 bits per heavy atom. The van der Waals surface area contributed by atoms with Crippen LogP contribution in [0.1, 0.15) is 63.6 Å². The second-order valence-corrected chi connectivity index (χ2v) is 4.75. The first kappa shape index (κ1) is 11.6. The summed E-state index contributed by atoms with van der Waals surface area (Å²) in [6.07, 6.45) is 3.74. The van der Waals surface area contributed by atoms with Gasteiger partial charge in [-0.2, -0.15) is 4.98 Å². The molecule has 4 nitrogen and oxygen atoms in total. The molecule has 1 saturated carbocycles. The fourth-order valence-corrected chi connectivity index (χ4v) is 1.98. The van der Waals surface area contributed by atoms with Crippen molar-refractivity contribution in [3.8, 4) is 0 Å². The fraction of sp³-hybridized carbons (Fsp3) is 0.833. The van der Waals surface area contributed by atoms with Crippen molar-refractivity contribution >= 4 is 0 Å². The van der Waals surface area contributed by atoms with Crippen LogP contribution in [0, 0.1) is 0 Å². The highest BCUT2D eigenvalue weighted by Crippen LogP contribution is 2.35. The molecule has 1 aromatic rings. The summed E-state index contributed by atoms with van der Waals surface area (Å²) in [4.78, 5) is 4.52. The van der Waals surface area contributed by atoms with Gasteiger partial charge in [0.2, 0.25) is 5.89 Å². The van der Waals surface area contributed by atoms with E-state index in [4.69, 9.17) is 4.52 Å². The third-order valence-electron chi connectivity index (χ3n) is 3.59. The average molecular weight is 223 g/mol. The van der Waals surface area contributed by atoms with Gasteiger partial charge >= 0.3 is 0 Å². The van der Waals surface area contributed by atoms with Crippen LogP contribution in [0.25, 0.3) is 0 Å². The minimum Gasteiger partial charge on any atom is -0.339 e. The van der Waals surface area contributed by atoms with Crippen LogP contribution in [0.5, 0.6) is 0 Å². The van der Waals surface area contributed by atoms with Crippen LogP contribution in [0.3, 0.4) is 0 Å². The van der Waals surface area contributed by atoms with Crippen molar-refractivity contribution < 1.29 is 4.52 Å². The van der Waals surface area contributed by atoms with Crippen LogP contribution in [0.2, 0.25) is 0 Å². The van der Waals surface area contributed by atoms with Crippen LogP contribution >= 0.6 is 0 Å². The largest absolute Gasteiger partial charge is 0.339 e. The molecule has 1 heterocycles. The summed E-state index contributed by atoms with van der Waals surface area (Å²) in [5, 5.41) is 7.47. The number of nitrogens with one attached hydrogen (secondary N) is 1. The van der Waals surface area contributed by atoms with E-state index in [2.05, 4.69) is 36.2 Å². The first-order valence-corrected chi connectivity index (χ1v) is 6.29. The van der Waals surface area contributed by atoms with Gasteiger partial charge in [0, 0.05) is 12.0 Å². The highest BCUT2D eigenvalue weighted by molar-refractivity contribution is 5.03. The summed E-state index contributed by atoms with van der Waals surface area (Å²) < 4.78 is 5.35. The average Bonchev–Trinajstić information content (AvgIpc) is 2.63. The van der Waals surface area contributed by atoms with Crippen molar-refractivity contribution in [2.75, 3.05) is 6.54 Å². The smallest absolute Gasteiger partial charge is 0.231 e. The van der Waals surface area contributed by atoms with E-state index in [1.54, 1.807) is 0 Å². The number of likely N-dealkylation sites (N-methyl/N-ethyl adjacent to an activating group) is 1. The molecule has 4 heteroatoms. The summed E-state index contributed by atoms with van der Waals surface area (Å²) in [6.45, 7) is 7.36. The van der Waals surface area contributed by atoms with Crippen molar-refractivity contribution in [2.24, 2.45) is 0 Å². The van der Waals surface area contributed by atoms with Crippen LogP contribution < -0.4 is 5.32 Å². The summed E-state index contributed by atoms with van der Waals surface area (Å²) in [5.74, 6) is 2.52. The van der Waals surface area contributed by atoms with Gasteiger partial charge in [-0.25, -0.2) is 0 Å². The molecule has 1 aliphatic rings. The lowest BCUT2D eigenvalue weighted by Crippen LogP contribution is -2.30. The van der Waals surface area contributed by atoms with Crippen LogP contribution in [0.15, 0.2) is 4.52 Å². The zero-order chi connectivity index (χ0) is 11.5. The Labute approximate surface area is 96.8 Å². The SMILES string of the molecule is CCNC(C)C(C)c1nc(C2CCC2)no1. The quantitative estimate of drug-likeness (QED) is 0.833. The van der Waals surface area contributed by atoms with Crippen LogP contribution in [0.4, 0.5) is 0 Å². The molecular weight excluding hydrogens is 202 g/mol. The molecule has 0 saturated heterocycles. The number of nitrogens with zero attached hydrogens (tertiary/aromatic N) is 2. The maximum absolute atomic E-state index is 5.35. The predicted molar refractivity (Wildman–Crippen MR) is 62.4 cm³/mol. The van der Waals surface area contributed by atoms with E-state index in [9.17, 15) is 0 Å². The molecule has 1 fully saturated rings. The first-order valence-electron chi connectivity index (χ1n) is 6.29. The Bertz CT molecular complexity index is 333. The summed E-state index contributed by atoms with van der Waals surface area (Å²) in [6, 6.07) is 0.375. The van der Waals surface area contributed by atoms with Gasteiger partial charge in [0.05, 0.1) is 5.92 Å². The van der Waals surface area contributed by atoms with Crippen LogP contribution in [-0.2, 0) is 0 Å². The van der Waals surface area contributed by atoms with Crippen LogP contribution in [-0.4, -0.2) is 22.7 Å².